The Bertz CT molecular complexity index is 1190. The number of fused-ring (bicyclic) bond motifs is 1. The summed E-state index contributed by atoms with van der Waals surface area (Å²) in [5.74, 6) is 0.738. The van der Waals surface area contributed by atoms with E-state index in [2.05, 4.69) is 29.6 Å². The first kappa shape index (κ1) is 19.7. The van der Waals surface area contributed by atoms with Crippen molar-refractivity contribution in [3.8, 4) is 5.75 Å². The van der Waals surface area contributed by atoms with Crippen LogP contribution in [0.5, 0.6) is 5.75 Å². The molecule has 4 aromatic rings. The summed E-state index contributed by atoms with van der Waals surface area (Å²) in [6.07, 6.45) is 0. The molecule has 0 amide bonds. The van der Waals surface area contributed by atoms with Crippen molar-refractivity contribution < 1.29 is 9.66 Å². The highest BCUT2D eigenvalue weighted by molar-refractivity contribution is 6.30. The summed E-state index contributed by atoms with van der Waals surface area (Å²) in [6, 6.07) is 26.2. The second kappa shape index (κ2) is 8.84. The molecule has 0 fully saturated rings. The zero-order valence-corrected chi connectivity index (χ0v) is 16.8. The highest BCUT2D eigenvalue weighted by Gasteiger charge is 2.08. The normalized spacial score (nSPS) is 10.7. The first-order valence-corrected chi connectivity index (χ1v) is 9.84. The van der Waals surface area contributed by atoms with E-state index in [4.69, 9.17) is 16.3 Å². The Balaban J connectivity index is 1.49. The Labute approximate surface area is 179 Å². The summed E-state index contributed by atoms with van der Waals surface area (Å²) < 4.78 is 6.14. The molecule has 4 aromatic carbocycles. The molecule has 0 unspecified atom stereocenters. The standard InChI is InChI=1S/C24H19ClN2O3/c25-20-8-13-24(30-16-18-6-3-5-17-4-1-2-7-23(17)18)19(14-20)15-26-21-9-11-22(12-10-21)27(28)29/h1-14,26H,15-16H2. The van der Waals surface area contributed by atoms with E-state index in [1.807, 2.05) is 30.3 Å². The van der Waals surface area contributed by atoms with Gasteiger partial charge in [-0.2, -0.15) is 0 Å². The molecule has 0 heterocycles. The van der Waals surface area contributed by atoms with E-state index in [-0.39, 0.29) is 5.69 Å². The van der Waals surface area contributed by atoms with Crippen LogP contribution >= 0.6 is 11.6 Å². The number of benzene rings is 4. The van der Waals surface area contributed by atoms with Crippen LogP contribution in [0.3, 0.4) is 0 Å². The molecular weight excluding hydrogens is 400 g/mol. The van der Waals surface area contributed by atoms with E-state index >= 15 is 0 Å². The molecule has 4 rings (SSSR count). The number of ether oxygens (including phenoxy) is 1. The van der Waals surface area contributed by atoms with Crippen molar-refractivity contribution in [3.05, 3.63) is 111 Å². The average molecular weight is 419 g/mol. The van der Waals surface area contributed by atoms with Gasteiger partial charge in [-0.1, -0.05) is 54.1 Å². The van der Waals surface area contributed by atoms with Crippen molar-refractivity contribution in [3.63, 3.8) is 0 Å². The third-order valence-electron chi connectivity index (χ3n) is 4.85. The predicted molar refractivity (Wildman–Crippen MR) is 120 cm³/mol. The van der Waals surface area contributed by atoms with E-state index in [1.165, 1.54) is 22.9 Å². The number of nitrogens with one attached hydrogen (secondary N) is 1. The van der Waals surface area contributed by atoms with E-state index in [0.717, 1.165) is 22.6 Å². The third-order valence-corrected chi connectivity index (χ3v) is 5.08. The number of rotatable bonds is 7. The highest BCUT2D eigenvalue weighted by Crippen LogP contribution is 2.27. The molecule has 5 nitrogen and oxygen atoms in total. The number of hydrogen-bond acceptors (Lipinski definition) is 4. The maximum Gasteiger partial charge on any atom is 0.269 e. The minimum absolute atomic E-state index is 0.0578. The number of halogens is 1. The van der Waals surface area contributed by atoms with E-state index in [9.17, 15) is 10.1 Å². The molecule has 0 radical (unpaired) electrons. The summed E-state index contributed by atoms with van der Waals surface area (Å²) >= 11 is 6.19. The maximum absolute atomic E-state index is 10.8. The lowest BCUT2D eigenvalue weighted by Crippen LogP contribution is -2.04. The van der Waals surface area contributed by atoms with Crippen LogP contribution in [0.1, 0.15) is 11.1 Å². The zero-order valence-electron chi connectivity index (χ0n) is 16.0. The van der Waals surface area contributed by atoms with Crippen LogP contribution in [-0.4, -0.2) is 4.92 Å². The molecule has 0 aliphatic rings. The van der Waals surface area contributed by atoms with Gasteiger partial charge in [0.15, 0.2) is 0 Å². The van der Waals surface area contributed by atoms with Crippen LogP contribution in [0, 0.1) is 10.1 Å². The fourth-order valence-corrected chi connectivity index (χ4v) is 3.49. The van der Waals surface area contributed by atoms with Crippen LogP contribution < -0.4 is 10.1 Å². The van der Waals surface area contributed by atoms with Gasteiger partial charge in [0, 0.05) is 35.0 Å². The quantitative estimate of drug-likeness (QED) is 0.271. The lowest BCUT2D eigenvalue weighted by Gasteiger charge is -2.14. The molecule has 0 spiro atoms. The monoisotopic (exact) mass is 418 g/mol. The molecule has 0 aliphatic heterocycles. The molecule has 6 heteroatoms. The van der Waals surface area contributed by atoms with Gasteiger partial charge in [0.2, 0.25) is 0 Å². The smallest absolute Gasteiger partial charge is 0.269 e. The average Bonchev–Trinajstić information content (AvgIpc) is 2.77. The fourth-order valence-electron chi connectivity index (χ4n) is 3.30. The van der Waals surface area contributed by atoms with Gasteiger partial charge in [0.1, 0.15) is 12.4 Å². The van der Waals surface area contributed by atoms with E-state index in [0.29, 0.717) is 18.2 Å². The molecule has 0 bridgehead atoms. The van der Waals surface area contributed by atoms with Crippen molar-refractivity contribution >= 4 is 33.7 Å². The second-order valence-corrected chi connectivity index (χ2v) is 7.27. The molecular formula is C24H19ClN2O3. The minimum Gasteiger partial charge on any atom is -0.489 e. The number of nitro groups is 1. The Morgan fingerprint density at radius 1 is 0.900 bits per heavy atom. The molecule has 0 aromatic heterocycles. The number of nitrogens with zero attached hydrogens (tertiary/aromatic N) is 1. The van der Waals surface area contributed by atoms with Crippen LogP contribution in [-0.2, 0) is 13.2 Å². The number of non-ortho nitro benzene ring substituents is 1. The van der Waals surface area contributed by atoms with Gasteiger partial charge in [0.25, 0.3) is 5.69 Å². The van der Waals surface area contributed by atoms with Gasteiger partial charge in [-0.3, -0.25) is 10.1 Å². The number of anilines is 1. The summed E-state index contributed by atoms with van der Waals surface area (Å²) in [6.45, 7) is 0.913. The Morgan fingerprint density at radius 3 is 2.47 bits per heavy atom. The highest BCUT2D eigenvalue weighted by atomic mass is 35.5. The summed E-state index contributed by atoms with van der Waals surface area (Å²) in [5.41, 5.74) is 2.85. The fraction of sp³-hybridized carbons (Fsp3) is 0.0833. The Hall–Kier alpha value is -3.57. The van der Waals surface area contributed by atoms with Crippen LogP contribution in [0.25, 0.3) is 10.8 Å². The molecule has 1 N–H and O–H groups in total. The van der Waals surface area contributed by atoms with Gasteiger partial charge in [-0.15, -0.1) is 0 Å². The minimum atomic E-state index is -0.417. The van der Waals surface area contributed by atoms with Gasteiger partial charge < -0.3 is 10.1 Å². The van der Waals surface area contributed by atoms with Gasteiger partial charge >= 0.3 is 0 Å². The summed E-state index contributed by atoms with van der Waals surface area (Å²) in [7, 11) is 0. The van der Waals surface area contributed by atoms with Gasteiger partial charge in [-0.25, -0.2) is 0 Å². The topological polar surface area (TPSA) is 64.4 Å². The lowest BCUT2D eigenvalue weighted by atomic mass is 10.1. The largest absolute Gasteiger partial charge is 0.489 e. The Kier molecular flexibility index (Phi) is 5.82. The van der Waals surface area contributed by atoms with Crippen molar-refractivity contribution in [2.75, 3.05) is 5.32 Å². The number of hydrogen-bond donors (Lipinski definition) is 1. The Morgan fingerprint density at radius 2 is 1.67 bits per heavy atom. The molecule has 0 aliphatic carbocycles. The van der Waals surface area contributed by atoms with Crippen LogP contribution in [0.4, 0.5) is 11.4 Å². The SMILES string of the molecule is O=[N+]([O-])c1ccc(NCc2cc(Cl)ccc2OCc2cccc3ccccc23)cc1. The van der Waals surface area contributed by atoms with Crippen molar-refractivity contribution in [1.82, 2.24) is 0 Å². The first-order chi connectivity index (χ1) is 14.6. The van der Waals surface area contributed by atoms with Gasteiger partial charge in [-0.05, 0) is 46.7 Å². The summed E-state index contributed by atoms with van der Waals surface area (Å²) in [4.78, 5) is 10.4. The zero-order chi connectivity index (χ0) is 20.9. The number of nitro benzene ring substituents is 1. The third kappa shape index (κ3) is 4.53. The molecule has 0 saturated heterocycles. The van der Waals surface area contributed by atoms with E-state index < -0.39 is 4.92 Å². The molecule has 30 heavy (non-hydrogen) atoms. The van der Waals surface area contributed by atoms with Crippen molar-refractivity contribution in [2.45, 2.75) is 13.2 Å². The summed E-state index contributed by atoms with van der Waals surface area (Å²) in [5, 5.41) is 17.0. The lowest BCUT2D eigenvalue weighted by molar-refractivity contribution is -0.384. The second-order valence-electron chi connectivity index (χ2n) is 6.84. The van der Waals surface area contributed by atoms with Crippen LogP contribution in [0.2, 0.25) is 5.02 Å². The molecule has 150 valence electrons. The molecule has 0 saturated carbocycles. The van der Waals surface area contributed by atoms with Gasteiger partial charge in [0.05, 0.1) is 4.92 Å². The predicted octanol–water partition coefficient (Wildman–Crippen LogP) is 6.59. The first-order valence-electron chi connectivity index (χ1n) is 9.46. The maximum atomic E-state index is 10.8. The van der Waals surface area contributed by atoms with Crippen molar-refractivity contribution in [1.29, 1.82) is 0 Å². The van der Waals surface area contributed by atoms with Crippen LogP contribution in [0.15, 0.2) is 84.9 Å². The van der Waals surface area contributed by atoms with Crippen molar-refractivity contribution in [2.24, 2.45) is 0 Å². The van der Waals surface area contributed by atoms with E-state index in [1.54, 1.807) is 18.2 Å². The molecule has 0 atom stereocenters.